The molecule has 27 heavy (non-hydrogen) atoms. The Hall–Kier alpha value is -3.23. The van der Waals surface area contributed by atoms with Gasteiger partial charge in [0.1, 0.15) is 6.04 Å². The van der Waals surface area contributed by atoms with Gasteiger partial charge in [0.25, 0.3) is 5.91 Å². The number of carbonyl (C=O) groups excluding carboxylic acids is 3. The molecule has 1 saturated heterocycles. The molecule has 2 N–H and O–H groups in total. The van der Waals surface area contributed by atoms with Gasteiger partial charge >= 0.3 is 6.03 Å². The fourth-order valence-corrected chi connectivity index (χ4v) is 2.69. The third-order valence-electron chi connectivity index (χ3n) is 4.16. The van der Waals surface area contributed by atoms with Gasteiger partial charge in [-0.15, -0.1) is 10.2 Å². The zero-order chi connectivity index (χ0) is 19.6. The van der Waals surface area contributed by atoms with Crippen LogP contribution in [0.1, 0.15) is 61.3 Å². The highest BCUT2D eigenvalue weighted by molar-refractivity contribution is 6.09. The van der Waals surface area contributed by atoms with Crippen molar-refractivity contribution in [3.8, 4) is 0 Å². The summed E-state index contributed by atoms with van der Waals surface area (Å²) in [6, 6.07) is 5.68. The number of benzene rings is 1. The molecule has 2 heterocycles. The van der Waals surface area contributed by atoms with E-state index in [1.807, 2.05) is 13.8 Å². The minimum atomic E-state index is -0.543. The summed E-state index contributed by atoms with van der Waals surface area (Å²) in [5.74, 6) is 0.193. The van der Waals surface area contributed by atoms with E-state index >= 15 is 0 Å². The van der Waals surface area contributed by atoms with Gasteiger partial charge in [-0.25, -0.2) is 4.79 Å². The number of para-hydroxylation sites is 1. The molecule has 3 rings (SSSR count). The normalized spacial score (nSPS) is 15.6. The smallest absolute Gasteiger partial charge is 0.328 e. The van der Waals surface area contributed by atoms with Crippen LogP contribution in [0.25, 0.3) is 0 Å². The van der Waals surface area contributed by atoms with Gasteiger partial charge in [-0.2, -0.15) is 0 Å². The van der Waals surface area contributed by atoms with Crippen molar-refractivity contribution in [1.29, 1.82) is 0 Å². The number of imide groups is 1. The van der Waals surface area contributed by atoms with Gasteiger partial charge in [-0.3, -0.25) is 19.8 Å². The van der Waals surface area contributed by atoms with Gasteiger partial charge in [-0.1, -0.05) is 26.0 Å². The highest BCUT2D eigenvalue weighted by Crippen LogP contribution is 2.24. The van der Waals surface area contributed by atoms with Crippen LogP contribution in [-0.2, 0) is 4.79 Å². The van der Waals surface area contributed by atoms with E-state index in [0.717, 1.165) is 0 Å². The van der Waals surface area contributed by atoms with Crippen molar-refractivity contribution in [2.75, 3.05) is 11.4 Å². The summed E-state index contributed by atoms with van der Waals surface area (Å²) >= 11 is 0. The Morgan fingerprint density at radius 3 is 2.56 bits per heavy atom. The average Bonchev–Trinajstić information content (AvgIpc) is 3.12. The maximum Gasteiger partial charge on any atom is 0.328 e. The lowest BCUT2D eigenvalue weighted by molar-refractivity contribution is -0.120. The maximum absolute atomic E-state index is 12.8. The molecule has 0 spiro atoms. The lowest BCUT2D eigenvalue weighted by Crippen LogP contribution is -2.50. The maximum atomic E-state index is 12.8. The van der Waals surface area contributed by atoms with E-state index in [4.69, 9.17) is 4.42 Å². The molecular weight excluding hydrogens is 350 g/mol. The van der Waals surface area contributed by atoms with Gasteiger partial charge in [0, 0.05) is 18.9 Å². The molecule has 1 aromatic carbocycles. The second-order valence-electron chi connectivity index (χ2n) is 6.60. The second-order valence-corrected chi connectivity index (χ2v) is 6.60. The number of nitrogens with zero attached hydrogens (tertiary/aromatic N) is 3. The van der Waals surface area contributed by atoms with Crippen LogP contribution in [0.15, 0.2) is 28.7 Å². The first-order chi connectivity index (χ1) is 12.9. The number of anilines is 1. The van der Waals surface area contributed by atoms with Crippen molar-refractivity contribution in [3.63, 3.8) is 0 Å². The van der Waals surface area contributed by atoms with Gasteiger partial charge in [0.05, 0.1) is 11.3 Å². The molecule has 0 aliphatic carbocycles. The van der Waals surface area contributed by atoms with E-state index < -0.39 is 12.1 Å². The van der Waals surface area contributed by atoms with Crippen molar-refractivity contribution < 1.29 is 18.8 Å². The van der Waals surface area contributed by atoms with Crippen molar-refractivity contribution in [2.24, 2.45) is 0 Å². The molecule has 1 fully saturated rings. The largest absolute Gasteiger partial charge is 0.423 e. The summed E-state index contributed by atoms with van der Waals surface area (Å²) in [7, 11) is 0. The fourth-order valence-electron chi connectivity index (χ4n) is 2.69. The average molecular weight is 371 g/mol. The number of hydrogen-bond acceptors (Lipinski definition) is 6. The molecule has 1 aliphatic rings. The highest BCUT2D eigenvalue weighted by Gasteiger charge is 2.28. The predicted octanol–water partition coefficient (Wildman–Crippen LogP) is 2.13. The standard InChI is InChI=1S/C18H21N5O4/c1-10(2)16-21-22-17(27-16)11(3)19-15(25)12-6-4-5-7-13(12)23-9-8-14(24)20-18(23)26/h4-7,10-11H,8-9H2,1-3H3,(H,19,25)(H,20,24,26)/t11-/m1/s1. The minimum Gasteiger partial charge on any atom is -0.423 e. The Bertz CT molecular complexity index is 876. The van der Waals surface area contributed by atoms with Crippen LogP contribution in [0.5, 0.6) is 0 Å². The molecule has 142 valence electrons. The third kappa shape index (κ3) is 3.97. The molecule has 0 unspecified atom stereocenters. The van der Waals surface area contributed by atoms with Gasteiger partial charge in [0.15, 0.2) is 0 Å². The Kier molecular flexibility index (Phi) is 5.20. The Morgan fingerprint density at radius 2 is 1.89 bits per heavy atom. The monoisotopic (exact) mass is 371 g/mol. The van der Waals surface area contributed by atoms with Gasteiger partial charge in [0.2, 0.25) is 17.7 Å². The van der Waals surface area contributed by atoms with E-state index in [2.05, 4.69) is 20.8 Å². The molecule has 0 bridgehead atoms. The number of nitrogens with one attached hydrogen (secondary N) is 2. The quantitative estimate of drug-likeness (QED) is 0.831. The third-order valence-corrected chi connectivity index (χ3v) is 4.16. The second kappa shape index (κ2) is 7.56. The first-order valence-corrected chi connectivity index (χ1v) is 8.71. The molecule has 0 saturated carbocycles. The molecule has 1 aliphatic heterocycles. The molecule has 1 atom stereocenters. The van der Waals surface area contributed by atoms with Crippen LogP contribution in [0.2, 0.25) is 0 Å². The summed E-state index contributed by atoms with van der Waals surface area (Å²) in [4.78, 5) is 37.6. The zero-order valence-electron chi connectivity index (χ0n) is 15.4. The van der Waals surface area contributed by atoms with E-state index in [0.29, 0.717) is 23.0 Å². The first kappa shape index (κ1) is 18.6. The van der Waals surface area contributed by atoms with Crippen LogP contribution in [0.3, 0.4) is 0 Å². The van der Waals surface area contributed by atoms with Crippen molar-refractivity contribution in [1.82, 2.24) is 20.8 Å². The molecule has 1 aromatic heterocycles. The van der Waals surface area contributed by atoms with E-state index in [-0.39, 0.29) is 30.7 Å². The van der Waals surface area contributed by atoms with Gasteiger partial charge < -0.3 is 9.73 Å². The lowest BCUT2D eigenvalue weighted by atomic mass is 10.1. The van der Waals surface area contributed by atoms with E-state index in [1.165, 1.54) is 4.90 Å². The summed E-state index contributed by atoms with van der Waals surface area (Å²) < 4.78 is 5.57. The topological polar surface area (TPSA) is 117 Å². The zero-order valence-corrected chi connectivity index (χ0v) is 15.4. The fraction of sp³-hybridized carbons (Fsp3) is 0.389. The van der Waals surface area contributed by atoms with Crippen molar-refractivity contribution in [3.05, 3.63) is 41.6 Å². The van der Waals surface area contributed by atoms with Crippen LogP contribution < -0.4 is 15.5 Å². The Morgan fingerprint density at radius 1 is 1.19 bits per heavy atom. The Balaban J connectivity index is 1.78. The number of aromatic nitrogens is 2. The number of hydrogen-bond donors (Lipinski definition) is 2. The first-order valence-electron chi connectivity index (χ1n) is 8.71. The molecule has 0 radical (unpaired) electrons. The van der Waals surface area contributed by atoms with Crippen LogP contribution in [0.4, 0.5) is 10.5 Å². The SMILES string of the molecule is CC(C)c1nnc([C@@H](C)NC(=O)c2ccccc2N2CCC(=O)NC2=O)o1. The van der Waals surface area contributed by atoms with Crippen LogP contribution in [-0.4, -0.2) is 34.6 Å². The summed E-state index contributed by atoms with van der Waals surface area (Å²) in [6.45, 7) is 5.83. The molecule has 4 amide bonds. The summed E-state index contributed by atoms with van der Waals surface area (Å²) in [5, 5.41) is 13.0. The summed E-state index contributed by atoms with van der Waals surface area (Å²) in [5.41, 5.74) is 0.748. The number of urea groups is 1. The van der Waals surface area contributed by atoms with Gasteiger partial charge in [-0.05, 0) is 19.1 Å². The lowest BCUT2D eigenvalue weighted by Gasteiger charge is -2.28. The summed E-state index contributed by atoms with van der Waals surface area (Å²) in [6.07, 6.45) is 0.179. The Labute approximate surface area is 156 Å². The van der Waals surface area contributed by atoms with Crippen molar-refractivity contribution in [2.45, 2.75) is 39.2 Å². The van der Waals surface area contributed by atoms with Crippen LogP contribution >= 0.6 is 0 Å². The van der Waals surface area contributed by atoms with E-state index in [1.54, 1.807) is 31.2 Å². The predicted molar refractivity (Wildman–Crippen MR) is 96.2 cm³/mol. The van der Waals surface area contributed by atoms with Crippen molar-refractivity contribution >= 4 is 23.5 Å². The molecule has 2 aromatic rings. The number of amides is 4. The highest BCUT2D eigenvalue weighted by atomic mass is 16.4. The van der Waals surface area contributed by atoms with E-state index in [9.17, 15) is 14.4 Å². The minimum absolute atomic E-state index is 0.0928. The number of rotatable bonds is 5. The molecular formula is C18H21N5O4. The number of carbonyl (C=O) groups is 3. The molecule has 9 nitrogen and oxygen atoms in total. The van der Waals surface area contributed by atoms with Crippen LogP contribution in [0, 0.1) is 0 Å². The molecule has 9 heteroatoms.